The predicted molar refractivity (Wildman–Crippen MR) is 62.7 cm³/mol. The molecular formula is C9H11NOS2. The summed E-state index contributed by atoms with van der Waals surface area (Å²) in [5.41, 5.74) is 0.986. The average molecular weight is 213 g/mol. The number of benzene rings is 1. The van der Waals surface area contributed by atoms with E-state index in [1.807, 2.05) is 30.5 Å². The standard InChI is InChI=1S/C9H11NOS2/c1-11-8-5-3-7(4-6-8)10-9(12)13-2/h3-6H,1-2H3,(H,10,12). The predicted octanol–water partition coefficient (Wildman–Crippen LogP) is 2.76. The molecule has 2 nitrogen and oxygen atoms in total. The third-order valence-electron chi connectivity index (χ3n) is 1.52. The SMILES string of the molecule is COc1ccc(NC(=S)SC)cc1. The van der Waals surface area contributed by atoms with E-state index in [0.717, 1.165) is 15.8 Å². The Kier molecular flexibility index (Phi) is 4.05. The van der Waals surface area contributed by atoms with Crippen molar-refractivity contribution < 1.29 is 4.74 Å². The molecule has 1 aromatic carbocycles. The highest BCUT2D eigenvalue weighted by atomic mass is 32.2. The van der Waals surface area contributed by atoms with Gasteiger partial charge in [-0.05, 0) is 30.5 Å². The quantitative estimate of drug-likeness (QED) is 0.762. The highest BCUT2D eigenvalue weighted by molar-refractivity contribution is 8.22. The molecule has 0 aliphatic rings. The average Bonchev–Trinajstić information content (AvgIpc) is 2.19. The van der Waals surface area contributed by atoms with E-state index in [-0.39, 0.29) is 0 Å². The number of ether oxygens (including phenoxy) is 1. The first kappa shape index (κ1) is 10.3. The monoisotopic (exact) mass is 213 g/mol. The van der Waals surface area contributed by atoms with Crippen LogP contribution in [-0.2, 0) is 0 Å². The number of rotatable bonds is 2. The minimum atomic E-state index is 0.769. The molecule has 1 aromatic rings. The Hall–Kier alpha value is -0.740. The van der Waals surface area contributed by atoms with Gasteiger partial charge in [-0.25, -0.2) is 0 Å². The van der Waals surface area contributed by atoms with Crippen molar-refractivity contribution in [3.8, 4) is 5.75 Å². The van der Waals surface area contributed by atoms with E-state index in [1.165, 1.54) is 11.8 Å². The van der Waals surface area contributed by atoms with Gasteiger partial charge in [0.15, 0.2) is 0 Å². The van der Waals surface area contributed by atoms with Gasteiger partial charge in [0.2, 0.25) is 0 Å². The number of hydrogen-bond donors (Lipinski definition) is 1. The van der Waals surface area contributed by atoms with Crippen molar-refractivity contribution in [2.45, 2.75) is 0 Å². The van der Waals surface area contributed by atoms with Crippen molar-refractivity contribution in [2.75, 3.05) is 18.7 Å². The van der Waals surface area contributed by atoms with Crippen LogP contribution in [0.25, 0.3) is 0 Å². The van der Waals surface area contributed by atoms with Crippen molar-refractivity contribution in [3.05, 3.63) is 24.3 Å². The summed E-state index contributed by atoms with van der Waals surface area (Å²) in [6, 6.07) is 7.65. The summed E-state index contributed by atoms with van der Waals surface area (Å²) in [4.78, 5) is 0. The van der Waals surface area contributed by atoms with Crippen LogP contribution in [0.5, 0.6) is 5.75 Å². The molecule has 0 aliphatic heterocycles. The molecule has 0 spiro atoms. The first-order valence-electron chi connectivity index (χ1n) is 3.75. The lowest BCUT2D eigenvalue weighted by Gasteiger charge is -2.05. The lowest BCUT2D eigenvalue weighted by Crippen LogP contribution is -2.02. The fraction of sp³-hybridized carbons (Fsp3) is 0.222. The highest BCUT2D eigenvalue weighted by Gasteiger charge is 1.95. The zero-order chi connectivity index (χ0) is 9.68. The number of anilines is 1. The maximum atomic E-state index is 5.03. The van der Waals surface area contributed by atoms with Gasteiger partial charge >= 0.3 is 0 Å². The molecule has 0 atom stereocenters. The molecular weight excluding hydrogens is 202 g/mol. The molecule has 4 heteroatoms. The van der Waals surface area contributed by atoms with Crippen molar-refractivity contribution in [2.24, 2.45) is 0 Å². The normalized spacial score (nSPS) is 9.38. The summed E-state index contributed by atoms with van der Waals surface area (Å²) < 4.78 is 5.80. The second-order valence-corrected chi connectivity index (χ2v) is 3.83. The van der Waals surface area contributed by atoms with Crippen LogP contribution in [0.3, 0.4) is 0 Å². The van der Waals surface area contributed by atoms with Gasteiger partial charge in [-0.15, -0.1) is 11.8 Å². The second-order valence-electron chi connectivity index (χ2n) is 2.35. The summed E-state index contributed by atoms with van der Waals surface area (Å²) in [5.74, 6) is 0.848. The van der Waals surface area contributed by atoms with Gasteiger partial charge in [0.05, 0.1) is 7.11 Å². The smallest absolute Gasteiger partial charge is 0.137 e. The molecule has 13 heavy (non-hydrogen) atoms. The molecule has 0 saturated heterocycles. The molecule has 0 radical (unpaired) electrons. The second kappa shape index (κ2) is 5.09. The molecule has 0 amide bonds. The summed E-state index contributed by atoms with van der Waals surface area (Å²) in [6.45, 7) is 0. The number of thiocarbonyl (C=S) groups is 1. The number of nitrogens with one attached hydrogen (secondary N) is 1. The highest BCUT2D eigenvalue weighted by Crippen LogP contribution is 2.16. The van der Waals surface area contributed by atoms with Crippen LogP contribution >= 0.6 is 24.0 Å². The zero-order valence-corrected chi connectivity index (χ0v) is 9.17. The van der Waals surface area contributed by atoms with Gasteiger partial charge in [0.1, 0.15) is 10.1 Å². The van der Waals surface area contributed by atoms with E-state index >= 15 is 0 Å². The Morgan fingerprint density at radius 2 is 2.00 bits per heavy atom. The van der Waals surface area contributed by atoms with E-state index in [0.29, 0.717) is 0 Å². The minimum absolute atomic E-state index is 0.769. The van der Waals surface area contributed by atoms with Gasteiger partial charge < -0.3 is 10.1 Å². The fourth-order valence-electron chi connectivity index (χ4n) is 0.843. The Balaban J connectivity index is 2.64. The molecule has 0 saturated carbocycles. The molecule has 0 fully saturated rings. The number of methoxy groups -OCH3 is 1. The molecule has 70 valence electrons. The Labute approximate surface area is 87.7 Å². The molecule has 0 heterocycles. The number of hydrogen-bond acceptors (Lipinski definition) is 3. The summed E-state index contributed by atoms with van der Waals surface area (Å²) in [7, 11) is 1.65. The van der Waals surface area contributed by atoms with E-state index in [4.69, 9.17) is 17.0 Å². The molecule has 0 bridgehead atoms. The van der Waals surface area contributed by atoms with Crippen LogP contribution in [0.15, 0.2) is 24.3 Å². The summed E-state index contributed by atoms with van der Waals surface area (Å²) >= 11 is 6.54. The lowest BCUT2D eigenvalue weighted by atomic mass is 10.3. The molecule has 1 rings (SSSR count). The van der Waals surface area contributed by atoms with E-state index in [9.17, 15) is 0 Å². The van der Waals surface area contributed by atoms with Crippen LogP contribution in [0, 0.1) is 0 Å². The largest absolute Gasteiger partial charge is 0.497 e. The Morgan fingerprint density at radius 1 is 1.38 bits per heavy atom. The molecule has 1 N–H and O–H groups in total. The summed E-state index contributed by atoms with van der Waals surface area (Å²) in [6.07, 6.45) is 1.94. The van der Waals surface area contributed by atoms with Gasteiger partial charge in [0.25, 0.3) is 0 Å². The van der Waals surface area contributed by atoms with Gasteiger partial charge in [-0.1, -0.05) is 12.2 Å². The van der Waals surface area contributed by atoms with Crippen LogP contribution in [0.1, 0.15) is 0 Å². The topological polar surface area (TPSA) is 21.3 Å². The number of thioether (sulfide) groups is 1. The maximum Gasteiger partial charge on any atom is 0.137 e. The van der Waals surface area contributed by atoms with Gasteiger partial charge in [-0.3, -0.25) is 0 Å². The first-order chi connectivity index (χ1) is 6.26. The van der Waals surface area contributed by atoms with Crippen LogP contribution < -0.4 is 10.1 Å². The van der Waals surface area contributed by atoms with Gasteiger partial charge in [0, 0.05) is 5.69 Å². The van der Waals surface area contributed by atoms with Gasteiger partial charge in [-0.2, -0.15) is 0 Å². The van der Waals surface area contributed by atoms with E-state index in [1.54, 1.807) is 7.11 Å². The molecule has 0 aliphatic carbocycles. The third kappa shape index (κ3) is 3.24. The van der Waals surface area contributed by atoms with Crippen molar-refractivity contribution in [1.29, 1.82) is 0 Å². The third-order valence-corrected chi connectivity index (χ3v) is 2.60. The first-order valence-corrected chi connectivity index (χ1v) is 5.38. The Bertz CT molecular complexity index is 284. The van der Waals surface area contributed by atoms with Crippen molar-refractivity contribution >= 4 is 34.0 Å². The van der Waals surface area contributed by atoms with E-state index < -0.39 is 0 Å². The lowest BCUT2D eigenvalue weighted by molar-refractivity contribution is 0.415. The summed E-state index contributed by atoms with van der Waals surface area (Å²) in [5, 5.41) is 3.08. The zero-order valence-electron chi connectivity index (χ0n) is 7.53. The van der Waals surface area contributed by atoms with E-state index in [2.05, 4.69) is 5.32 Å². The fourth-order valence-corrected chi connectivity index (χ4v) is 1.18. The maximum absolute atomic E-state index is 5.03. The molecule has 0 unspecified atom stereocenters. The van der Waals surface area contributed by atoms with Crippen LogP contribution in [0.2, 0.25) is 0 Å². The van der Waals surface area contributed by atoms with Crippen molar-refractivity contribution in [1.82, 2.24) is 0 Å². The molecule has 0 aromatic heterocycles. The van der Waals surface area contributed by atoms with Crippen LogP contribution in [0.4, 0.5) is 5.69 Å². The van der Waals surface area contributed by atoms with Crippen LogP contribution in [-0.4, -0.2) is 17.7 Å². The Morgan fingerprint density at radius 3 is 2.46 bits per heavy atom. The van der Waals surface area contributed by atoms with Crippen molar-refractivity contribution in [3.63, 3.8) is 0 Å². The minimum Gasteiger partial charge on any atom is -0.497 e.